The summed E-state index contributed by atoms with van der Waals surface area (Å²) in [6.07, 6.45) is 1.34. The van der Waals surface area contributed by atoms with Crippen LogP contribution in [0.4, 0.5) is 0 Å². The average molecular weight is 203 g/mol. The third-order valence-corrected chi connectivity index (χ3v) is 2.14. The fourth-order valence-corrected chi connectivity index (χ4v) is 1.33. The molecule has 0 fully saturated rings. The van der Waals surface area contributed by atoms with Crippen LogP contribution in [0.5, 0.6) is 0 Å². The molecule has 1 N–H and O–H groups in total. The number of hydrogen-bond donors (Lipinski definition) is 1. The predicted octanol–water partition coefficient (Wildman–Crippen LogP) is 1.85. The first-order valence-electron chi connectivity index (χ1n) is 4.96. The van der Waals surface area contributed by atoms with E-state index in [-0.39, 0.29) is 0 Å². The van der Waals surface area contributed by atoms with Gasteiger partial charge in [0.25, 0.3) is 0 Å². The molecule has 2 aromatic rings. The van der Waals surface area contributed by atoms with E-state index >= 15 is 0 Å². The molecule has 0 aliphatic carbocycles. The van der Waals surface area contributed by atoms with Crippen molar-refractivity contribution in [3.63, 3.8) is 0 Å². The topological polar surface area (TPSA) is 51.0 Å². The lowest BCUT2D eigenvalue weighted by atomic mass is 10.1. The van der Waals surface area contributed by atoms with E-state index in [0.717, 1.165) is 18.7 Å². The molecular weight excluding hydrogens is 190 g/mol. The first-order valence-corrected chi connectivity index (χ1v) is 4.96. The molecule has 15 heavy (non-hydrogen) atoms. The Morgan fingerprint density at radius 2 is 2.07 bits per heavy atom. The van der Waals surface area contributed by atoms with Gasteiger partial charge in [-0.3, -0.25) is 0 Å². The summed E-state index contributed by atoms with van der Waals surface area (Å²) in [6, 6.07) is 8.09. The van der Waals surface area contributed by atoms with E-state index in [2.05, 4.69) is 34.6 Å². The second-order valence-corrected chi connectivity index (χ2v) is 3.22. The lowest BCUT2D eigenvalue weighted by Crippen LogP contribution is -2.11. The Labute approximate surface area is 88.3 Å². The molecule has 0 radical (unpaired) electrons. The zero-order chi connectivity index (χ0) is 10.5. The van der Waals surface area contributed by atoms with Gasteiger partial charge in [-0.1, -0.05) is 19.1 Å². The van der Waals surface area contributed by atoms with Crippen molar-refractivity contribution in [2.75, 3.05) is 6.54 Å². The van der Waals surface area contributed by atoms with Crippen molar-refractivity contribution in [1.82, 2.24) is 15.5 Å². The van der Waals surface area contributed by atoms with Crippen LogP contribution >= 0.6 is 0 Å². The molecule has 0 aliphatic heterocycles. The molecular formula is C11H13N3O. The Hall–Kier alpha value is -1.68. The molecule has 4 heteroatoms. The van der Waals surface area contributed by atoms with Crippen LogP contribution in [0.3, 0.4) is 0 Å². The van der Waals surface area contributed by atoms with E-state index in [1.54, 1.807) is 0 Å². The van der Waals surface area contributed by atoms with Gasteiger partial charge in [-0.15, -0.1) is 10.2 Å². The van der Waals surface area contributed by atoms with Crippen LogP contribution in [-0.2, 0) is 6.54 Å². The largest absolute Gasteiger partial charge is 0.423 e. The molecule has 0 aliphatic rings. The quantitative estimate of drug-likeness (QED) is 0.823. The Balaban J connectivity index is 2.11. The minimum absolute atomic E-state index is 0.560. The molecule has 4 nitrogen and oxygen atoms in total. The maximum Gasteiger partial charge on any atom is 0.247 e. The molecule has 0 saturated heterocycles. The van der Waals surface area contributed by atoms with Gasteiger partial charge in [-0.05, 0) is 24.2 Å². The second-order valence-electron chi connectivity index (χ2n) is 3.22. The molecule has 0 saturated carbocycles. The molecule has 0 atom stereocenters. The highest BCUT2D eigenvalue weighted by Gasteiger charge is 2.02. The van der Waals surface area contributed by atoms with Crippen LogP contribution in [0.2, 0.25) is 0 Å². The van der Waals surface area contributed by atoms with Crippen LogP contribution in [0.1, 0.15) is 12.5 Å². The van der Waals surface area contributed by atoms with E-state index in [1.807, 2.05) is 12.1 Å². The molecule has 1 aromatic heterocycles. The summed E-state index contributed by atoms with van der Waals surface area (Å²) in [6.45, 7) is 3.96. The monoisotopic (exact) mass is 203 g/mol. The van der Waals surface area contributed by atoms with E-state index in [0.29, 0.717) is 5.89 Å². The van der Waals surface area contributed by atoms with Gasteiger partial charge in [0.2, 0.25) is 12.3 Å². The minimum atomic E-state index is 0.560. The summed E-state index contributed by atoms with van der Waals surface area (Å²) >= 11 is 0. The van der Waals surface area contributed by atoms with Gasteiger partial charge >= 0.3 is 0 Å². The van der Waals surface area contributed by atoms with Crippen LogP contribution in [0.15, 0.2) is 35.1 Å². The maximum absolute atomic E-state index is 5.10. The number of hydrogen-bond acceptors (Lipinski definition) is 4. The fourth-order valence-electron chi connectivity index (χ4n) is 1.33. The maximum atomic E-state index is 5.10. The summed E-state index contributed by atoms with van der Waals surface area (Å²) in [5.74, 6) is 0.560. The van der Waals surface area contributed by atoms with Crippen molar-refractivity contribution < 1.29 is 4.42 Å². The van der Waals surface area contributed by atoms with Gasteiger partial charge in [-0.2, -0.15) is 0 Å². The van der Waals surface area contributed by atoms with Crippen molar-refractivity contribution in [1.29, 1.82) is 0 Å². The van der Waals surface area contributed by atoms with Crippen molar-refractivity contribution in [2.24, 2.45) is 0 Å². The molecule has 2 rings (SSSR count). The summed E-state index contributed by atoms with van der Waals surface area (Å²) in [5.41, 5.74) is 2.20. The van der Waals surface area contributed by atoms with Gasteiger partial charge in [0.1, 0.15) is 0 Å². The van der Waals surface area contributed by atoms with Gasteiger partial charge in [0, 0.05) is 12.1 Å². The second kappa shape index (κ2) is 4.70. The van der Waals surface area contributed by atoms with E-state index in [4.69, 9.17) is 4.42 Å². The van der Waals surface area contributed by atoms with Crippen molar-refractivity contribution in [3.05, 3.63) is 36.2 Å². The van der Waals surface area contributed by atoms with Crippen molar-refractivity contribution in [3.8, 4) is 11.5 Å². The number of aromatic nitrogens is 2. The molecule has 0 unspecified atom stereocenters. The number of rotatable bonds is 4. The number of benzene rings is 1. The minimum Gasteiger partial charge on any atom is -0.423 e. The predicted molar refractivity (Wildman–Crippen MR) is 57.1 cm³/mol. The molecule has 1 heterocycles. The Kier molecular flexibility index (Phi) is 3.09. The summed E-state index contributed by atoms with van der Waals surface area (Å²) in [5, 5.41) is 10.8. The molecule has 0 amide bonds. The van der Waals surface area contributed by atoms with Crippen LogP contribution in [-0.4, -0.2) is 16.7 Å². The van der Waals surface area contributed by atoms with E-state index in [1.165, 1.54) is 12.0 Å². The molecule has 78 valence electrons. The Morgan fingerprint density at radius 1 is 1.27 bits per heavy atom. The van der Waals surface area contributed by atoms with E-state index in [9.17, 15) is 0 Å². The van der Waals surface area contributed by atoms with E-state index < -0.39 is 0 Å². The lowest BCUT2D eigenvalue weighted by Gasteiger charge is -2.02. The van der Waals surface area contributed by atoms with Crippen LogP contribution in [0, 0.1) is 0 Å². The fraction of sp³-hybridized carbons (Fsp3) is 0.273. The number of nitrogens with one attached hydrogen (secondary N) is 1. The van der Waals surface area contributed by atoms with Crippen molar-refractivity contribution >= 4 is 0 Å². The first-order chi connectivity index (χ1) is 7.40. The Bertz CT molecular complexity index is 394. The summed E-state index contributed by atoms with van der Waals surface area (Å²) in [7, 11) is 0. The molecule has 1 aromatic carbocycles. The number of nitrogens with zero attached hydrogens (tertiary/aromatic N) is 2. The Morgan fingerprint density at radius 3 is 2.67 bits per heavy atom. The van der Waals surface area contributed by atoms with Gasteiger partial charge in [0.05, 0.1) is 0 Å². The third-order valence-electron chi connectivity index (χ3n) is 2.14. The highest BCUT2D eigenvalue weighted by molar-refractivity contribution is 5.52. The van der Waals surface area contributed by atoms with Gasteiger partial charge < -0.3 is 9.73 Å². The average Bonchev–Trinajstić information content (AvgIpc) is 2.80. The highest BCUT2D eigenvalue weighted by Crippen LogP contribution is 2.16. The zero-order valence-corrected chi connectivity index (χ0v) is 8.60. The third kappa shape index (κ3) is 2.41. The van der Waals surface area contributed by atoms with Crippen LogP contribution < -0.4 is 5.32 Å². The summed E-state index contributed by atoms with van der Waals surface area (Å²) in [4.78, 5) is 0. The molecule has 0 spiro atoms. The van der Waals surface area contributed by atoms with Crippen LogP contribution in [0.25, 0.3) is 11.5 Å². The lowest BCUT2D eigenvalue weighted by molar-refractivity contribution is 0.568. The zero-order valence-electron chi connectivity index (χ0n) is 8.60. The first kappa shape index (κ1) is 9.86. The van der Waals surface area contributed by atoms with Gasteiger partial charge in [-0.25, -0.2) is 0 Å². The SMILES string of the molecule is CCNCc1ccc(-c2nnco2)cc1. The highest BCUT2D eigenvalue weighted by atomic mass is 16.4. The molecule has 0 bridgehead atoms. The summed E-state index contributed by atoms with van der Waals surface area (Å²) < 4.78 is 5.10. The van der Waals surface area contributed by atoms with Gasteiger partial charge in [0.15, 0.2) is 0 Å². The standard InChI is InChI=1S/C11H13N3O/c1-2-12-7-9-3-5-10(6-4-9)11-14-13-8-15-11/h3-6,8,12H,2,7H2,1H3. The van der Waals surface area contributed by atoms with Crippen molar-refractivity contribution in [2.45, 2.75) is 13.5 Å². The smallest absolute Gasteiger partial charge is 0.247 e. The normalized spacial score (nSPS) is 10.5.